The minimum atomic E-state index is 0.431. The number of likely N-dealkylation sites (tertiary alicyclic amines) is 1. The van der Waals surface area contributed by atoms with Crippen LogP contribution >= 0.6 is 0 Å². The molecule has 0 amide bonds. The topological polar surface area (TPSA) is 51.8 Å². The van der Waals surface area contributed by atoms with Crippen LogP contribution in [0.5, 0.6) is 0 Å². The summed E-state index contributed by atoms with van der Waals surface area (Å²) in [5.74, 6) is 3.49. The zero-order valence-electron chi connectivity index (χ0n) is 15.4. The fraction of sp³-hybridized carbons (Fsp3) is 0.737. The van der Waals surface area contributed by atoms with Crippen molar-refractivity contribution in [1.29, 1.82) is 0 Å². The molecule has 3 heterocycles. The Bertz CT molecular complexity index is 784. The van der Waals surface area contributed by atoms with E-state index in [4.69, 9.17) is 4.98 Å². The van der Waals surface area contributed by atoms with Gasteiger partial charge in [0.05, 0.1) is 18.3 Å². The predicted octanol–water partition coefficient (Wildman–Crippen LogP) is 2.87. The minimum absolute atomic E-state index is 0.431. The monoisotopic (exact) mass is 340 g/mol. The molecule has 5 rings (SSSR count). The molecule has 25 heavy (non-hydrogen) atoms. The highest BCUT2D eigenvalue weighted by Gasteiger charge is 2.34. The largest absolute Gasteiger partial charge is 0.334 e. The first-order chi connectivity index (χ1) is 12.2. The van der Waals surface area contributed by atoms with Crippen LogP contribution in [0.3, 0.4) is 0 Å². The second-order valence-electron chi connectivity index (χ2n) is 8.02. The summed E-state index contributed by atoms with van der Waals surface area (Å²) in [6.45, 7) is 4.13. The molecule has 0 bridgehead atoms. The Kier molecular flexibility index (Phi) is 3.69. The van der Waals surface area contributed by atoms with Gasteiger partial charge in [0.25, 0.3) is 0 Å². The van der Waals surface area contributed by atoms with Gasteiger partial charge in [-0.3, -0.25) is 4.90 Å². The fourth-order valence-corrected chi connectivity index (χ4v) is 4.82. The molecule has 0 spiro atoms. The van der Waals surface area contributed by atoms with Crippen LogP contribution in [0.4, 0.5) is 0 Å². The zero-order chi connectivity index (χ0) is 17.0. The average molecular weight is 340 g/mol. The van der Waals surface area contributed by atoms with Gasteiger partial charge < -0.3 is 9.13 Å². The third-order valence-electron chi connectivity index (χ3n) is 6.26. The number of hydrogen-bond acceptors (Lipinski definition) is 4. The summed E-state index contributed by atoms with van der Waals surface area (Å²) in [6, 6.07) is 1.08. The van der Waals surface area contributed by atoms with Gasteiger partial charge in [0.1, 0.15) is 17.5 Å². The summed E-state index contributed by atoms with van der Waals surface area (Å²) in [5, 5.41) is 8.85. The van der Waals surface area contributed by atoms with E-state index in [1.54, 1.807) is 0 Å². The van der Waals surface area contributed by atoms with E-state index in [0.29, 0.717) is 12.1 Å². The van der Waals surface area contributed by atoms with Crippen molar-refractivity contribution in [2.24, 2.45) is 7.05 Å². The van der Waals surface area contributed by atoms with Crippen molar-refractivity contribution in [2.75, 3.05) is 6.54 Å². The molecule has 2 aromatic heterocycles. The van der Waals surface area contributed by atoms with Crippen molar-refractivity contribution in [1.82, 2.24) is 29.2 Å². The average Bonchev–Trinajstić information content (AvgIpc) is 3.09. The summed E-state index contributed by atoms with van der Waals surface area (Å²) in [7, 11) is 2.22. The van der Waals surface area contributed by atoms with E-state index in [1.807, 2.05) is 0 Å². The Balaban J connectivity index is 1.42. The second-order valence-corrected chi connectivity index (χ2v) is 8.02. The Morgan fingerprint density at radius 3 is 2.68 bits per heavy atom. The second kappa shape index (κ2) is 5.94. The highest BCUT2D eigenvalue weighted by Crippen LogP contribution is 2.38. The van der Waals surface area contributed by atoms with Crippen molar-refractivity contribution < 1.29 is 0 Å². The summed E-state index contributed by atoms with van der Waals surface area (Å²) in [5.41, 5.74) is 2.83. The maximum atomic E-state index is 5.08. The number of aromatic nitrogens is 5. The number of rotatable bonds is 4. The van der Waals surface area contributed by atoms with Gasteiger partial charge in [0.2, 0.25) is 0 Å². The molecule has 0 aromatic carbocycles. The number of nitrogens with zero attached hydrogens (tertiary/aromatic N) is 6. The van der Waals surface area contributed by atoms with Crippen molar-refractivity contribution >= 4 is 0 Å². The molecule has 2 fully saturated rings. The Morgan fingerprint density at radius 1 is 1.04 bits per heavy atom. The molecule has 1 saturated heterocycles. The molecule has 2 aromatic rings. The lowest BCUT2D eigenvalue weighted by Gasteiger charge is -2.24. The van der Waals surface area contributed by atoms with Crippen molar-refractivity contribution in [3.63, 3.8) is 0 Å². The summed E-state index contributed by atoms with van der Waals surface area (Å²) in [4.78, 5) is 7.66. The zero-order valence-corrected chi connectivity index (χ0v) is 15.4. The molecular weight excluding hydrogens is 312 g/mol. The summed E-state index contributed by atoms with van der Waals surface area (Å²) >= 11 is 0. The first kappa shape index (κ1) is 15.6. The number of hydrogen-bond donors (Lipinski definition) is 0. The van der Waals surface area contributed by atoms with Crippen LogP contribution in [0.25, 0.3) is 0 Å². The lowest BCUT2D eigenvalue weighted by Crippen LogP contribution is -2.26. The van der Waals surface area contributed by atoms with Crippen LogP contribution in [0, 0.1) is 6.92 Å². The normalized spacial score (nSPS) is 24.0. The molecule has 0 N–H and O–H groups in total. The Labute approximate surface area is 149 Å². The van der Waals surface area contributed by atoms with E-state index in [0.717, 1.165) is 31.2 Å². The van der Waals surface area contributed by atoms with Gasteiger partial charge in [-0.25, -0.2) is 4.98 Å². The van der Waals surface area contributed by atoms with Crippen LogP contribution in [-0.4, -0.2) is 35.8 Å². The van der Waals surface area contributed by atoms with Gasteiger partial charge in [-0.2, -0.15) is 0 Å². The van der Waals surface area contributed by atoms with E-state index < -0.39 is 0 Å². The molecule has 1 saturated carbocycles. The van der Waals surface area contributed by atoms with Crippen molar-refractivity contribution in [3.8, 4) is 0 Å². The van der Waals surface area contributed by atoms with Crippen LogP contribution in [0.2, 0.25) is 0 Å². The van der Waals surface area contributed by atoms with E-state index in [-0.39, 0.29) is 0 Å². The Hall–Kier alpha value is -1.69. The molecule has 2 aliphatic carbocycles. The Morgan fingerprint density at radius 2 is 1.88 bits per heavy atom. The van der Waals surface area contributed by atoms with Gasteiger partial charge in [0.15, 0.2) is 0 Å². The fourth-order valence-electron chi connectivity index (χ4n) is 4.82. The van der Waals surface area contributed by atoms with Gasteiger partial charge in [-0.15, -0.1) is 10.2 Å². The maximum Gasteiger partial charge on any atom is 0.147 e. The van der Waals surface area contributed by atoms with Gasteiger partial charge in [0, 0.05) is 18.8 Å². The van der Waals surface area contributed by atoms with Crippen molar-refractivity contribution in [3.05, 3.63) is 28.9 Å². The maximum absolute atomic E-state index is 5.08. The number of aryl methyl sites for hydroxylation is 2. The summed E-state index contributed by atoms with van der Waals surface area (Å²) < 4.78 is 4.77. The molecule has 6 heteroatoms. The van der Waals surface area contributed by atoms with E-state index in [9.17, 15) is 0 Å². The standard InChI is InChI=1S/C19H28N6/c1-13-21-22-18(25(13)14-9-10-14)12-24-11-5-8-17(24)19-20-15-6-3-4-7-16(15)23(19)2/h14,17H,3-12H2,1-2H3. The molecule has 0 radical (unpaired) electrons. The predicted molar refractivity (Wildman–Crippen MR) is 95.3 cm³/mol. The molecule has 3 aliphatic rings. The quantitative estimate of drug-likeness (QED) is 0.859. The third kappa shape index (κ3) is 2.62. The molecule has 1 aliphatic heterocycles. The molecule has 6 nitrogen and oxygen atoms in total. The van der Waals surface area contributed by atoms with Crippen LogP contribution in [-0.2, 0) is 26.4 Å². The molecule has 1 atom stereocenters. The van der Waals surface area contributed by atoms with Crippen molar-refractivity contribution in [2.45, 2.75) is 76.9 Å². The highest BCUT2D eigenvalue weighted by atomic mass is 15.3. The molecular formula is C19H28N6. The van der Waals surface area contributed by atoms with E-state index >= 15 is 0 Å². The van der Waals surface area contributed by atoms with Gasteiger partial charge >= 0.3 is 0 Å². The molecule has 1 unspecified atom stereocenters. The lowest BCUT2D eigenvalue weighted by atomic mass is 10.0. The number of imidazole rings is 1. The number of fused-ring (bicyclic) bond motifs is 1. The lowest BCUT2D eigenvalue weighted by molar-refractivity contribution is 0.227. The van der Waals surface area contributed by atoms with Crippen LogP contribution in [0.1, 0.15) is 79.5 Å². The molecule has 134 valence electrons. The first-order valence-corrected chi connectivity index (χ1v) is 9.91. The SMILES string of the molecule is Cc1nnc(CN2CCCC2c2nc3c(n2C)CCCC3)n1C1CC1. The van der Waals surface area contributed by atoms with Gasteiger partial charge in [-0.05, 0) is 64.8 Å². The van der Waals surface area contributed by atoms with E-state index in [2.05, 4.69) is 38.2 Å². The summed E-state index contributed by atoms with van der Waals surface area (Å²) in [6.07, 6.45) is 9.97. The smallest absolute Gasteiger partial charge is 0.147 e. The first-order valence-electron chi connectivity index (χ1n) is 9.91. The van der Waals surface area contributed by atoms with Crippen LogP contribution in [0.15, 0.2) is 0 Å². The highest BCUT2D eigenvalue weighted by molar-refractivity contribution is 5.22. The van der Waals surface area contributed by atoms with E-state index in [1.165, 1.54) is 62.2 Å². The van der Waals surface area contributed by atoms with Crippen LogP contribution < -0.4 is 0 Å². The third-order valence-corrected chi connectivity index (χ3v) is 6.26. The minimum Gasteiger partial charge on any atom is -0.334 e. The van der Waals surface area contributed by atoms with Gasteiger partial charge in [-0.1, -0.05) is 0 Å².